The molecule has 0 radical (unpaired) electrons. The summed E-state index contributed by atoms with van der Waals surface area (Å²) in [5, 5.41) is 4.32. The highest BCUT2D eigenvalue weighted by molar-refractivity contribution is 5.95. The third-order valence-corrected chi connectivity index (χ3v) is 4.54. The van der Waals surface area contributed by atoms with E-state index >= 15 is 0 Å². The Morgan fingerprint density at radius 1 is 1.10 bits per heavy atom. The van der Waals surface area contributed by atoms with Gasteiger partial charge in [-0.2, -0.15) is 5.10 Å². The van der Waals surface area contributed by atoms with Gasteiger partial charge in [0, 0.05) is 19.2 Å². The molecule has 152 valence electrons. The van der Waals surface area contributed by atoms with Gasteiger partial charge in [-0.25, -0.2) is 4.68 Å². The summed E-state index contributed by atoms with van der Waals surface area (Å²) in [7, 11) is 1.53. The van der Waals surface area contributed by atoms with Crippen molar-refractivity contribution in [2.75, 3.05) is 7.05 Å². The Bertz CT molecular complexity index is 1030. The standard InChI is InChI=1S/C21H20F3N3O2/c1-14-8-4-6-10-18(14)27-15(2)17(12-25-27)20(28)26(3)13-16-9-5-7-11-19(16)29-21(22,23)24/h4-12H,13H2,1-3H3. The number of hydrogen-bond acceptors (Lipinski definition) is 3. The van der Waals surface area contributed by atoms with E-state index in [9.17, 15) is 18.0 Å². The van der Waals surface area contributed by atoms with Crippen LogP contribution in [0.3, 0.4) is 0 Å². The van der Waals surface area contributed by atoms with Gasteiger partial charge in [-0.3, -0.25) is 4.79 Å². The number of halogens is 3. The molecule has 5 nitrogen and oxygen atoms in total. The van der Waals surface area contributed by atoms with Crippen LogP contribution in [0.5, 0.6) is 5.75 Å². The number of aryl methyl sites for hydroxylation is 1. The molecule has 0 fully saturated rings. The fourth-order valence-electron chi connectivity index (χ4n) is 3.06. The highest BCUT2D eigenvalue weighted by Crippen LogP contribution is 2.27. The zero-order valence-electron chi connectivity index (χ0n) is 16.2. The summed E-state index contributed by atoms with van der Waals surface area (Å²) in [5.41, 5.74) is 3.14. The average Bonchev–Trinajstić information content (AvgIpc) is 3.03. The molecule has 0 saturated heterocycles. The SMILES string of the molecule is Cc1ccccc1-n1ncc(C(=O)N(C)Cc2ccccc2OC(F)(F)F)c1C. The number of amides is 1. The molecular weight excluding hydrogens is 383 g/mol. The first-order valence-corrected chi connectivity index (χ1v) is 8.87. The van der Waals surface area contributed by atoms with Gasteiger partial charge in [0.2, 0.25) is 0 Å². The molecule has 0 unspecified atom stereocenters. The monoisotopic (exact) mass is 403 g/mol. The molecule has 0 saturated carbocycles. The van der Waals surface area contributed by atoms with Crippen LogP contribution in [0.4, 0.5) is 13.2 Å². The molecule has 1 heterocycles. The second kappa shape index (κ2) is 7.98. The molecule has 1 aromatic heterocycles. The van der Waals surface area contributed by atoms with E-state index in [0.29, 0.717) is 11.3 Å². The highest BCUT2D eigenvalue weighted by atomic mass is 19.4. The van der Waals surface area contributed by atoms with Crippen molar-refractivity contribution >= 4 is 5.91 Å². The molecule has 0 aliphatic carbocycles. The van der Waals surface area contributed by atoms with Crippen molar-refractivity contribution in [3.05, 3.63) is 77.1 Å². The smallest absolute Gasteiger partial charge is 0.405 e. The molecule has 0 aliphatic rings. The summed E-state index contributed by atoms with van der Waals surface area (Å²) in [5.74, 6) is -0.670. The van der Waals surface area contributed by atoms with Crippen molar-refractivity contribution in [1.82, 2.24) is 14.7 Å². The summed E-state index contributed by atoms with van der Waals surface area (Å²) < 4.78 is 43.6. The fourth-order valence-corrected chi connectivity index (χ4v) is 3.06. The number of carbonyl (C=O) groups excluding carboxylic acids is 1. The Balaban J connectivity index is 1.83. The molecule has 2 aromatic carbocycles. The summed E-state index contributed by atoms with van der Waals surface area (Å²) in [6, 6.07) is 13.4. The molecule has 29 heavy (non-hydrogen) atoms. The van der Waals surface area contributed by atoms with Crippen molar-refractivity contribution in [1.29, 1.82) is 0 Å². The highest BCUT2D eigenvalue weighted by Gasteiger charge is 2.32. The van der Waals surface area contributed by atoms with Crippen molar-refractivity contribution in [3.63, 3.8) is 0 Å². The molecular formula is C21H20F3N3O2. The average molecular weight is 403 g/mol. The number of ether oxygens (including phenoxy) is 1. The molecule has 1 amide bonds. The maximum Gasteiger partial charge on any atom is 0.573 e. The number of hydrogen-bond donors (Lipinski definition) is 0. The van der Waals surface area contributed by atoms with Gasteiger partial charge < -0.3 is 9.64 Å². The van der Waals surface area contributed by atoms with Gasteiger partial charge in [0.25, 0.3) is 5.91 Å². The maximum absolute atomic E-state index is 12.9. The minimum atomic E-state index is -4.80. The van der Waals surface area contributed by atoms with E-state index in [1.165, 1.54) is 36.3 Å². The number of carbonyl (C=O) groups is 1. The lowest BCUT2D eigenvalue weighted by Gasteiger charge is -2.20. The Kier molecular flexibility index (Phi) is 5.63. The molecule has 8 heteroatoms. The van der Waals surface area contributed by atoms with Gasteiger partial charge in [0.05, 0.1) is 23.1 Å². The van der Waals surface area contributed by atoms with E-state index in [0.717, 1.165) is 11.3 Å². The Labute approximate surface area is 166 Å². The van der Waals surface area contributed by atoms with Crippen molar-refractivity contribution in [3.8, 4) is 11.4 Å². The number of rotatable bonds is 5. The fraction of sp³-hybridized carbons (Fsp3) is 0.238. The molecule has 0 atom stereocenters. The zero-order chi connectivity index (χ0) is 21.2. The molecule has 0 N–H and O–H groups in total. The third kappa shape index (κ3) is 4.59. The number of para-hydroxylation sites is 2. The van der Waals surface area contributed by atoms with E-state index in [1.54, 1.807) is 17.7 Å². The first kappa shape index (κ1) is 20.4. The van der Waals surface area contributed by atoms with Crippen molar-refractivity contribution in [2.45, 2.75) is 26.8 Å². The summed E-state index contributed by atoms with van der Waals surface area (Å²) in [6.07, 6.45) is -3.33. The van der Waals surface area contributed by atoms with E-state index in [4.69, 9.17) is 0 Å². The second-order valence-electron chi connectivity index (χ2n) is 6.66. The van der Waals surface area contributed by atoms with Gasteiger partial charge in [0.1, 0.15) is 5.75 Å². The van der Waals surface area contributed by atoms with Crippen LogP contribution in [0.25, 0.3) is 5.69 Å². The second-order valence-corrected chi connectivity index (χ2v) is 6.66. The number of benzene rings is 2. The lowest BCUT2D eigenvalue weighted by molar-refractivity contribution is -0.275. The molecule has 3 rings (SSSR count). The van der Waals surface area contributed by atoms with E-state index in [-0.39, 0.29) is 23.8 Å². The van der Waals surface area contributed by atoms with Gasteiger partial charge in [-0.1, -0.05) is 36.4 Å². The normalized spacial score (nSPS) is 11.4. The van der Waals surface area contributed by atoms with Crippen LogP contribution < -0.4 is 4.74 Å². The maximum atomic E-state index is 12.9. The first-order valence-electron chi connectivity index (χ1n) is 8.87. The van der Waals surface area contributed by atoms with E-state index in [2.05, 4.69) is 9.84 Å². The van der Waals surface area contributed by atoms with Crippen LogP contribution in [-0.4, -0.2) is 34.0 Å². The predicted molar refractivity (Wildman–Crippen MR) is 102 cm³/mol. The number of alkyl halides is 3. The minimum absolute atomic E-state index is 0.0416. The minimum Gasteiger partial charge on any atom is -0.405 e. The van der Waals surface area contributed by atoms with Crippen LogP contribution in [0, 0.1) is 13.8 Å². The van der Waals surface area contributed by atoms with Crippen molar-refractivity contribution in [2.24, 2.45) is 0 Å². The number of aromatic nitrogens is 2. The van der Waals surface area contributed by atoms with E-state index in [1.807, 2.05) is 31.2 Å². The predicted octanol–water partition coefficient (Wildman–Crippen LogP) is 4.66. The first-order chi connectivity index (χ1) is 13.7. The lowest BCUT2D eigenvalue weighted by Crippen LogP contribution is -2.27. The van der Waals surface area contributed by atoms with E-state index < -0.39 is 6.36 Å². The van der Waals surface area contributed by atoms with Crippen LogP contribution >= 0.6 is 0 Å². The summed E-state index contributed by atoms with van der Waals surface area (Å²) in [6.45, 7) is 3.68. The van der Waals surface area contributed by atoms with Gasteiger partial charge in [0.15, 0.2) is 0 Å². The van der Waals surface area contributed by atoms with Gasteiger partial charge in [-0.05, 0) is 31.5 Å². The third-order valence-electron chi connectivity index (χ3n) is 4.54. The van der Waals surface area contributed by atoms with Crippen molar-refractivity contribution < 1.29 is 22.7 Å². The Morgan fingerprint density at radius 2 is 1.76 bits per heavy atom. The van der Waals surface area contributed by atoms with Crippen LogP contribution in [0.15, 0.2) is 54.7 Å². The van der Waals surface area contributed by atoms with Crippen LogP contribution in [-0.2, 0) is 6.54 Å². The van der Waals surface area contributed by atoms with Gasteiger partial charge in [-0.15, -0.1) is 13.2 Å². The molecule has 0 aliphatic heterocycles. The molecule has 3 aromatic rings. The van der Waals surface area contributed by atoms with Crippen LogP contribution in [0.2, 0.25) is 0 Å². The molecule has 0 bridgehead atoms. The zero-order valence-corrected chi connectivity index (χ0v) is 16.2. The summed E-state index contributed by atoms with van der Waals surface area (Å²) in [4.78, 5) is 14.2. The van der Waals surface area contributed by atoms with Gasteiger partial charge >= 0.3 is 6.36 Å². The molecule has 0 spiro atoms. The quantitative estimate of drug-likeness (QED) is 0.623. The summed E-state index contributed by atoms with van der Waals surface area (Å²) >= 11 is 0. The largest absolute Gasteiger partial charge is 0.573 e. The topological polar surface area (TPSA) is 47.4 Å². The Hall–Kier alpha value is -3.29. The lowest BCUT2D eigenvalue weighted by atomic mass is 10.1. The number of nitrogens with zero attached hydrogens (tertiary/aromatic N) is 3. The Morgan fingerprint density at radius 3 is 2.45 bits per heavy atom. The van der Waals surface area contributed by atoms with Crippen LogP contribution in [0.1, 0.15) is 27.2 Å².